The van der Waals surface area contributed by atoms with Gasteiger partial charge in [0, 0.05) is 31.2 Å². The minimum absolute atomic E-state index is 0.0317. The molecule has 4 heterocycles. The number of carbonyl (C=O) groups is 4. The number of aryl methyl sites for hydroxylation is 1. The van der Waals surface area contributed by atoms with Crippen molar-refractivity contribution in [2.45, 2.75) is 45.7 Å². The number of carbonyl (C=O) groups excluding carboxylic acids is 4. The number of Topliss-reactive ketones (excluding diaryl/α,β-unsaturated/α-hetero) is 1. The van der Waals surface area contributed by atoms with Crippen molar-refractivity contribution in [1.82, 2.24) is 25.6 Å². The number of hydrogen-bond acceptors (Lipinski definition) is 9. The molecule has 1 aliphatic heterocycles. The summed E-state index contributed by atoms with van der Waals surface area (Å²) in [5.41, 5.74) is -0.505. The fraction of sp³-hybridized carbons (Fsp3) is 0.194. The first-order valence-corrected chi connectivity index (χ1v) is 17.1. The Morgan fingerprint density at radius 2 is 1.38 bits per heavy atom. The average Bonchev–Trinajstić information content (AvgIpc) is 3.13. The molecule has 1 atom stereocenters. The number of rotatable bonds is 7. The summed E-state index contributed by atoms with van der Waals surface area (Å²) in [6, 6.07) is 15.6. The molecule has 0 saturated heterocycles. The third-order valence-electron chi connectivity index (χ3n) is 7.41. The van der Waals surface area contributed by atoms with Crippen LogP contribution < -0.4 is 20.8 Å². The van der Waals surface area contributed by atoms with E-state index in [-0.39, 0.29) is 41.8 Å². The van der Waals surface area contributed by atoms with Crippen molar-refractivity contribution in [3.05, 3.63) is 134 Å². The van der Waals surface area contributed by atoms with Gasteiger partial charge in [-0.1, -0.05) is 24.3 Å². The Bertz CT molecular complexity index is 2350. The first-order valence-electron chi connectivity index (χ1n) is 16.0. The molecule has 5 aromatic rings. The van der Waals surface area contributed by atoms with E-state index in [4.69, 9.17) is 0 Å². The third-order valence-corrected chi connectivity index (χ3v) is 8.07. The molecule has 3 aromatic heterocycles. The summed E-state index contributed by atoms with van der Waals surface area (Å²) in [6.45, 7) is 2.67. The maximum absolute atomic E-state index is 12.7. The van der Waals surface area contributed by atoms with Crippen molar-refractivity contribution in [2.24, 2.45) is 0 Å². The first-order chi connectivity index (χ1) is 26.3. The second-order valence-electron chi connectivity index (χ2n) is 11.7. The number of benzene rings is 2. The SMILES string of the molecule is CC(=O)CC(=O)NCc1cccc(C(F)(F)F)c1.Cc1[nH]c2ncccc2c(=O)c1C(=O)NCc1cccc(C(F)(F)F)c1.O=C1OS(=O)Nc2ncccc21. The van der Waals surface area contributed by atoms with Crippen molar-refractivity contribution in [3.8, 4) is 0 Å². The number of hydrogen-bond donors (Lipinski definition) is 4. The standard InChI is InChI=1S/C18H14F3N3O2.C12H12F3NO2.C6H4N2O3S/c1-10-14(15(25)13-6-3-7-22-16(13)24-10)17(26)23-9-11-4-2-5-12(8-11)18(19,20)21;1-8(17)5-11(18)16-7-9-3-2-4-10(6-9)12(13,14)15;9-6-4-2-1-3-7-5(4)8-12(10)11-6/h2-8H,9H2,1H3,(H,23,26)(H,22,24,25);2-4,6H,5,7H2,1H3,(H,16,18);1-3H,(H,7,8). The molecule has 0 aliphatic carbocycles. The van der Waals surface area contributed by atoms with Crippen molar-refractivity contribution in [3.63, 3.8) is 0 Å². The molecular weight excluding hydrogens is 774 g/mol. The van der Waals surface area contributed by atoms with Crippen LogP contribution in [-0.4, -0.2) is 42.7 Å². The molecule has 0 fully saturated rings. The van der Waals surface area contributed by atoms with Gasteiger partial charge in [0.2, 0.25) is 11.3 Å². The van der Waals surface area contributed by atoms with E-state index in [9.17, 15) is 54.5 Å². The van der Waals surface area contributed by atoms with Crippen LogP contribution in [-0.2, 0) is 50.5 Å². The lowest BCUT2D eigenvalue weighted by Gasteiger charge is -2.13. The predicted octanol–water partition coefficient (Wildman–Crippen LogP) is 5.72. The Hall–Kier alpha value is -6.44. The van der Waals surface area contributed by atoms with Gasteiger partial charge in [-0.3, -0.25) is 23.9 Å². The highest BCUT2D eigenvalue weighted by Gasteiger charge is 2.31. The number of H-pyrrole nitrogens is 1. The van der Waals surface area contributed by atoms with Crippen molar-refractivity contribution in [2.75, 3.05) is 4.72 Å². The highest BCUT2D eigenvalue weighted by Crippen LogP contribution is 2.30. The predicted molar refractivity (Wildman–Crippen MR) is 190 cm³/mol. The monoisotopic (exact) mass is 804 g/mol. The topological polar surface area (TPSA) is 189 Å². The highest BCUT2D eigenvalue weighted by atomic mass is 32.2. The van der Waals surface area contributed by atoms with Gasteiger partial charge in [0.1, 0.15) is 22.6 Å². The summed E-state index contributed by atoms with van der Waals surface area (Å²) >= 11 is -1.79. The van der Waals surface area contributed by atoms with Gasteiger partial charge in [-0.25, -0.2) is 14.8 Å². The lowest BCUT2D eigenvalue weighted by molar-refractivity contribution is -0.138. The van der Waals surface area contributed by atoms with Crippen LogP contribution in [0.4, 0.5) is 32.2 Å². The molecule has 0 radical (unpaired) electrons. The maximum Gasteiger partial charge on any atom is 0.416 e. The summed E-state index contributed by atoms with van der Waals surface area (Å²) in [5.74, 6) is -1.77. The summed E-state index contributed by atoms with van der Waals surface area (Å²) in [6.07, 6.45) is -6.11. The molecule has 1 aliphatic rings. The van der Waals surface area contributed by atoms with Gasteiger partial charge in [-0.05, 0) is 73.5 Å². The van der Waals surface area contributed by atoms with Crippen LogP contribution >= 0.6 is 0 Å². The minimum Gasteiger partial charge on any atom is -0.352 e. The number of nitrogens with one attached hydrogen (secondary N) is 4. The van der Waals surface area contributed by atoms with Gasteiger partial charge in [0.15, 0.2) is 5.82 Å². The van der Waals surface area contributed by atoms with Crippen LogP contribution in [0.2, 0.25) is 0 Å². The van der Waals surface area contributed by atoms with Crippen LogP contribution in [0.1, 0.15) is 62.0 Å². The number of ketones is 1. The molecule has 13 nitrogen and oxygen atoms in total. The molecule has 0 saturated carbocycles. The number of amides is 2. The molecule has 20 heteroatoms. The summed E-state index contributed by atoms with van der Waals surface area (Å²) in [5, 5.41) is 5.14. The number of nitrogens with zero attached hydrogens (tertiary/aromatic N) is 2. The Kier molecular flexibility index (Phi) is 13.8. The van der Waals surface area contributed by atoms with Crippen LogP contribution in [0.25, 0.3) is 11.0 Å². The van der Waals surface area contributed by atoms with Gasteiger partial charge in [-0.2, -0.15) is 30.6 Å². The lowest BCUT2D eigenvalue weighted by atomic mass is 10.1. The maximum atomic E-state index is 12.7. The Labute approximate surface area is 315 Å². The minimum atomic E-state index is -4.46. The number of halogens is 6. The van der Waals surface area contributed by atoms with E-state index in [0.717, 1.165) is 24.3 Å². The largest absolute Gasteiger partial charge is 0.416 e. The smallest absolute Gasteiger partial charge is 0.352 e. The number of pyridine rings is 3. The molecule has 2 amide bonds. The molecular formula is C36H30F6N6O7S. The van der Waals surface area contributed by atoms with E-state index >= 15 is 0 Å². The molecule has 56 heavy (non-hydrogen) atoms. The molecule has 0 spiro atoms. The second-order valence-corrected chi connectivity index (χ2v) is 12.5. The fourth-order valence-corrected chi connectivity index (χ4v) is 5.44. The van der Waals surface area contributed by atoms with E-state index in [1.807, 2.05) is 0 Å². The van der Waals surface area contributed by atoms with Crippen LogP contribution in [0.15, 0.2) is 90.0 Å². The number of aromatic nitrogens is 3. The van der Waals surface area contributed by atoms with E-state index in [2.05, 4.69) is 34.5 Å². The van der Waals surface area contributed by atoms with Crippen LogP contribution in [0, 0.1) is 6.92 Å². The Morgan fingerprint density at radius 3 is 1.96 bits per heavy atom. The molecule has 1 unspecified atom stereocenters. The van der Waals surface area contributed by atoms with Gasteiger partial charge in [0.25, 0.3) is 5.91 Å². The number of fused-ring (bicyclic) bond motifs is 2. The quantitative estimate of drug-likeness (QED) is 0.118. The Balaban J connectivity index is 0.000000201. The van der Waals surface area contributed by atoms with Gasteiger partial charge in [-0.15, -0.1) is 0 Å². The van der Waals surface area contributed by atoms with E-state index < -0.39 is 58.0 Å². The molecule has 6 rings (SSSR count). The van der Waals surface area contributed by atoms with Crippen LogP contribution in [0.3, 0.4) is 0 Å². The number of anilines is 1. The Morgan fingerprint density at radius 1 is 0.804 bits per heavy atom. The fourth-order valence-electron chi connectivity index (χ4n) is 4.85. The molecule has 2 aromatic carbocycles. The first kappa shape index (κ1) is 42.3. The van der Waals surface area contributed by atoms with Crippen molar-refractivity contribution in [1.29, 1.82) is 0 Å². The molecule has 294 valence electrons. The van der Waals surface area contributed by atoms with Crippen molar-refractivity contribution < 1.29 is 53.9 Å². The number of alkyl halides is 6. The van der Waals surface area contributed by atoms with Crippen molar-refractivity contribution >= 4 is 51.7 Å². The van der Waals surface area contributed by atoms with E-state index in [0.29, 0.717) is 28.3 Å². The van der Waals surface area contributed by atoms with E-state index in [1.165, 1.54) is 43.6 Å². The molecule has 4 N–H and O–H groups in total. The van der Waals surface area contributed by atoms with Gasteiger partial charge >= 0.3 is 29.6 Å². The summed E-state index contributed by atoms with van der Waals surface area (Å²) < 4.78 is 93.0. The highest BCUT2D eigenvalue weighted by molar-refractivity contribution is 7.82. The second kappa shape index (κ2) is 18.3. The van der Waals surface area contributed by atoms with E-state index in [1.54, 1.807) is 31.2 Å². The van der Waals surface area contributed by atoms with Crippen LogP contribution in [0.5, 0.6) is 0 Å². The zero-order valence-electron chi connectivity index (χ0n) is 29.1. The van der Waals surface area contributed by atoms with Gasteiger partial charge in [0.05, 0.1) is 22.9 Å². The number of aromatic amines is 1. The zero-order chi connectivity index (χ0) is 41.2. The average molecular weight is 805 g/mol. The third kappa shape index (κ3) is 11.8. The summed E-state index contributed by atoms with van der Waals surface area (Å²) in [7, 11) is 0. The molecule has 0 bridgehead atoms. The van der Waals surface area contributed by atoms with Gasteiger partial charge < -0.3 is 19.8 Å². The normalized spacial score (nSPS) is 13.4. The summed E-state index contributed by atoms with van der Waals surface area (Å²) in [4.78, 5) is 68.5. The lowest BCUT2D eigenvalue weighted by Crippen LogP contribution is -2.30. The zero-order valence-corrected chi connectivity index (χ0v) is 29.9.